The van der Waals surface area contributed by atoms with Gasteiger partial charge in [-0.1, -0.05) is 0 Å². The van der Waals surface area contributed by atoms with Crippen LogP contribution in [0.2, 0.25) is 0 Å². The maximum Gasteiger partial charge on any atom is 0.342 e. The molecule has 5 N–H and O–H groups in total. The molecule has 1 aromatic heterocycles. The van der Waals surface area contributed by atoms with Gasteiger partial charge in [-0.3, -0.25) is 4.57 Å². The van der Waals surface area contributed by atoms with Crippen LogP contribution in [0.1, 0.15) is 10.4 Å². The highest BCUT2D eigenvalue weighted by atomic mass is 16.4. The Balaban J connectivity index is 2.46. The molecule has 0 aliphatic rings. The lowest BCUT2D eigenvalue weighted by Gasteiger charge is -2.07. The van der Waals surface area contributed by atoms with E-state index in [0.29, 0.717) is 5.69 Å². The molecule has 22 heavy (non-hydrogen) atoms. The maximum atomic E-state index is 11.4. The Hall–Kier alpha value is -3.35. The molecule has 0 atom stereocenters. The van der Waals surface area contributed by atoms with Crippen molar-refractivity contribution in [2.45, 2.75) is 0 Å². The van der Waals surface area contributed by atoms with Gasteiger partial charge in [0.05, 0.1) is 10.9 Å². The Kier molecular flexibility index (Phi) is 2.84. The number of aromatic carboxylic acids is 1. The van der Waals surface area contributed by atoms with Gasteiger partial charge < -0.3 is 25.5 Å². The van der Waals surface area contributed by atoms with E-state index >= 15 is 0 Å². The summed E-state index contributed by atoms with van der Waals surface area (Å²) in [7, 11) is 0. The summed E-state index contributed by atoms with van der Waals surface area (Å²) in [6.07, 6.45) is 0. The first-order valence-corrected chi connectivity index (χ1v) is 6.22. The average molecular weight is 301 g/mol. The fourth-order valence-electron chi connectivity index (χ4n) is 2.43. The first-order chi connectivity index (χ1) is 10.4. The minimum Gasteiger partial charge on any atom is -0.508 e. The molecular weight excluding hydrogens is 290 g/mol. The van der Waals surface area contributed by atoms with Gasteiger partial charge in [0.2, 0.25) is 5.88 Å². The second kappa shape index (κ2) is 4.59. The summed E-state index contributed by atoms with van der Waals surface area (Å²) in [6.45, 7) is 0. The standard InChI is InChI=1S/C15H11NO6/c17-8-3-1-7(2-4-8)16-10-5-9(18)6-11(19)12(10)13(14(16)20)15(21)22/h1-6,17-20H,(H,21,22). The van der Waals surface area contributed by atoms with Crippen LogP contribution in [-0.4, -0.2) is 36.1 Å². The number of hydrogen-bond acceptors (Lipinski definition) is 5. The molecule has 3 rings (SSSR count). The van der Waals surface area contributed by atoms with Crippen molar-refractivity contribution in [1.29, 1.82) is 0 Å². The highest BCUT2D eigenvalue weighted by Crippen LogP contribution is 2.41. The monoisotopic (exact) mass is 301 g/mol. The third-order valence-corrected chi connectivity index (χ3v) is 3.33. The van der Waals surface area contributed by atoms with Crippen LogP contribution < -0.4 is 0 Å². The minimum absolute atomic E-state index is 0.00357. The lowest BCUT2D eigenvalue weighted by Crippen LogP contribution is -1.97. The van der Waals surface area contributed by atoms with Crippen molar-refractivity contribution in [1.82, 2.24) is 4.57 Å². The fraction of sp³-hybridized carbons (Fsp3) is 0. The van der Waals surface area contributed by atoms with Crippen molar-refractivity contribution in [3.05, 3.63) is 42.0 Å². The number of carboxylic acids is 1. The molecule has 7 nitrogen and oxygen atoms in total. The normalized spacial score (nSPS) is 10.9. The molecular formula is C15H11NO6. The number of aromatic hydroxyl groups is 4. The number of hydrogen-bond donors (Lipinski definition) is 5. The van der Waals surface area contributed by atoms with Crippen LogP contribution >= 0.6 is 0 Å². The van der Waals surface area contributed by atoms with Crippen LogP contribution in [0.3, 0.4) is 0 Å². The van der Waals surface area contributed by atoms with E-state index in [4.69, 9.17) is 0 Å². The summed E-state index contributed by atoms with van der Waals surface area (Å²) in [4.78, 5) is 11.4. The molecule has 0 fully saturated rings. The van der Waals surface area contributed by atoms with E-state index in [1.54, 1.807) is 0 Å². The smallest absolute Gasteiger partial charge is 0.342 e. The molecule has 2 aromatic carbocycles. The van der Waals surface area contributed by atoms with Crippen molar-refractivity contribution in [2.24, 2.45) is 0 Å². The van der Waals surface area contributed by atoms with E-state index < -0.39 is 23.2 Å². The molecule has 0 aliphatic heterocycles. The van der Waals surface area contributed by atoms with Crippen molar-refractivity contribution in [3.8, 4) is 28.8 Å². The SMILES string of the molecule is O=C(O)c1c(O)n(-c2ccc(O)cc2)c2cc(O)cc(O)c12. The molecule has 0 radical (unpaired) electrons. The van der Waals surface area contributed by atoms with E-state index in [9.17, 15) is 30.3 Å². The lowest BCUT2D eigenvalue weighted by molar-refractivity contribution is 0.0695. The minimum atomic E-state index is -1.42. The predicted molar refractivity (Wildman–Crippen MR) is 76.9 cm³/mol. The molecule has 0 saturated heterocycles. The van der Waals surface area contributed by atoms with E-state index in [1.165, 1.54) is 30.3 Å². The predicted octanol–water partition coefficient (Wildman–Crippen LogP) is 2.15. The molecule has 0 amide bonds. The number of rotatable bonds is 2. The van der Waals surface area contributed by atoms with Crippen molar-refractivity contribution < 1.29 is 30.3 Å². The zero-order valence-electron chi connectivity index (χ0n) is 11.1. The molecule has 112 valence electrons. The van der Waals surface area contributed by atoms with Gasteiger partial charge in [0.15, 0.2) is 0 Å². The topological polar surface area (TPSA) is 123 Å². The summed E-state index contributed by atoms with van der Waals surface area (Å²) >= 11 is 0. The highest BCUT2D eigenvalue weighted by molar-refractivity contribution is 6.09. The number of nitrogens with zero attached hydrogens (tertiary/aromatic N) is 1. The van der Waals surface area contributed by atoms with Crippen LogP contribution in [0.5, 0.6) is 23.1 Å². The second-order valence-electron chi connectivity index (χ2n) is 4.71. The Morgan fingerprint density at radius 3 is 2.14 bits per heavy atom. The first-order valence-electron chi connectivity index (χ1n) is 6.22. The molecule has 0 unspecified atom stereocenters. The zero-order valence-corrected chi connectivity index (χ0v) is 11.1. The van der Waals surface area contributed by atoms with Gasteiger partial charge in [0.1, 0.15) is 22.8 Å². The zero-order chi connectivity index (χ0) is 16.0. The summed E-state index contributed by atoms with van der Waals surface area (Å²) in [5.74, 6) is -2.74. The first kappa shape index (κ1) is 13.6. The third-order valence-electron chi connectivity index (χ3n) is 3.33. The molecule has 0 spiro atoms. The van der Waals surface area contributed by atoms with Gasteiger partial charge in [-0.2, -0.15) is 0 Å². The van der Waals surface area contributed by atoms with Crippen molar-refractivity contribution in [2.75, 3.05) is 0 Å². The van der Waals surface area contributed by atoms with Crippen molar-refractivity contribution >= 4 is 16.9 Å². The van der Waals surface area contributed by atoms with Gasteiger partial charge in [-0.05, 0) is 24.3 Å². The van der Waals surface area contributed by atoms with E-state index in [2.05, 4.69) is 0 Å². The molecule has 0 aliphatic carbocycles. The maximum absolute atomic E-state index is 11.4. The van der Waals surface area contributed by atoms with Gasteiger partial charge in [-0.25, -0.2) is 4.79 Å². The van der Waals surface area contributed by atoms with Crippen LogP contribution in [0.4, 0.5) is 0 Å². The number of phenolic OH excluding ortho intramolecular Hbond substituents is 3. The number of aromatic nitrogens is 1. The number of carbonyl (C=O) groups is 1. The third kappa shape index (κ3) is 1.87. The van der Waals surface area contributed by atoms with E-state index in [-0.39, 0.29) is 22.4 Å². The Bertz CT molecular complexity index is 895. The van der Waals surface area contributed by atoms with E-state index in [1.807, 2.05) is 0 Å². The van der Waals surface area contributed by atoms with Gasteiger partial charge in [-0.15, -0.1) is 0 Å². The average Bonchev–Trinajstić information content (AvgIpc) is 2.72. The molecule has 3 aromatic rings. The molecule has 7 heteroatoms. The lowest BCUT2D eigenvalue weighted by atomic mass is 10.1. The molecule has 0 bridgehead atoms. The van der Waals surface area contributed by atoms with E-state index in [0.717, 1.165) is 10.6 Å². The number of benzene rings is 2. The summed E-state index contributed by atoms with van der Waals surface area (Å²) < 4.78 is 1.16. The van der Waals surface area contributed by atoms with Gasteiger partial charge in [0, 0.05) is 17.8 Å². The van der Waals surface area contributed by atoms with Crippen molar-refractivity contribution in [3.63, 3.8) is 0 Å². The number of fused-ring (bicyclic) bond motifs is 1. The van der Waals surface area contributed by atoms with Crippen LogP contribution in [0.25, 0.3) is 16.6 Å². The van der Waals surface area contributed by atoms with Crippen LogP contribution in [0, 0.1) is 0 Å². The second-order valence-corrected chi connectivity index (χ2v) is 4.71. The van der Waals surface area contributed by atoms with Crippen LogP contribution in [0.15, 0.2) is 36.4 Å². The molecule has 0 saturated carbocycles. The van der Waals surface area contributed by atoms with Crippen LogP contribution in [-0.2, 0) is 0 Å². The molecule has 1 heterocycles. The summed E-state index contributed by atoms with van der Waals surface area (Å²) in [5.41, 5.74) is 0.0106. The Morgan fingerprint density at radius 2 is 1.55 bits per heavy atom. The number of phenols is 3. The highest BCUT2D eigenvalue weighted by Gasteiger charge is 2.25. The summed E-state index contributed by atoms with van der Waals surface area (Å²) in [6, 6.07) is 7.87. The fourth-order valence-corrected chi connectivity index (χ4v) is 2.43. The summed E-state index contributed by atoms with van der Waals surface area (Å²) in [5, 5.41) is 48.3. The quantitative estimate of drug-likeness (QED) is 0.494. The Morgan fingerprint density at radius 1 is 0.909 bits per heavy atom. The Labute approximate surface area is 123 Å². The van der Waals surface area contributed by atoms with Gasteiger partial charge >= 0.3 is 5.97 Å². The number of carboxylic acid groups (broad SMARTS) is 1. The largest absolute Gasteiger partial charge is 0.508 e. The van der Waals surface area contributed by atoms with Gasteiger partial charge in [0.25, 0.3) is 0 Å².